The molecule has 0 saturated carbocycles. The van der Waals surface area contributed by atoms with Gasteiger partial charge in [-0.1, -0.05) is 23.7 Å². The third kappa shape index (κ3) is 3.30. The van der Waals surface area contributed by atoms with Crippen LogP contribution >= 0.6 is 11.6 Å². The second-order valence-electron chi connectivity index (χ2n) is 5.08. The van der Waals surface area contributed by atoms with Crippen molar-refractivity contribution in [2.75, 3.05) is 11.9 Å². The van der Waals surface area contributed by atoms with Crippen LogP contribution in [0.25, 0.3) is 0 Å². The van der Waals surface area contributed by atoms with Crippen molar-refractivity contribution in [3.05, 3.63) is 58.7 Å². The van der Waals surface area contributed by atoms with E-state index >= 15 is 0 Å². The molecule has 4 heteroatoms. The lowest BCUT2D eigenvalue weighted by Crippen LogP contribution is -2.23. The molecule has 1 unspecified atom stereocenters. The highest BCUT2D eigenvalue weighted by atomic mass is 35.5. The van der Waals surface area contributed by atoms with Gasteiger partial charge in [0.15, 0.2) is 0 Å². The summed E-state index contributed by atoms with van der Waals surface area (Å²) in [6, 6.07) is 12.1. The third-order valence-electron chi connectivity index (χ3n) is 3.57. The third-order valence-corrected chi connectivity index (χ3v) is 3.80. The van der Waals surface area contributed by atoms with Crippen LogP contribution in [-0.2, 0) is 0 Å². The molecule has 1 aromatic carbocycles. The molecular formula is C16H20ClN3. The van der Waals surface area contributed by atoms with E-state index in [1.807, 2.05) is 44.3 Å². The Kier molecular flexibility index (Phi) is 4.63. The van der Waals surface area contributed by atoms with Crippen LogP contribution in [0.15, 0.2) is 42.6 Å². The van der Waals surface area contributed by atoms with Gasteiger partial charge in [0.2, 0.25) is 0 Å². The van der Waals surface area contributed by atoms with E-state index in [2.05, 4.69) is 22.9 Å². The number of rotatable bonds is 4. The minimum Gasteiger partial charge on any atom is -0.353 e. The van der Waals surface area contributed by atoms with Gasteiger partial charge in [-0.05, 0) is 49.2 Å². The molecule has 2 atom stereocenters. The molecular weight excluding hydrogens is 270 g/mol. The summed E-state index contributed by atoms with van der Waals surface area (Å²) in [6.07, 6.45) is 1.80. The molecule has 2 rings (SSSR count). The zero-order chi connectivity index (χ0) is 14.7. The predicted octanol–water partition coefficient (Wildman–Crippen LogP) is 3.95. The summed E-state index contributed by atoms with van der Waals surface area (Å²) in [6.45, 7) is 4.10. The van der Waals surface area contributed by atoms with E-state index in [1.54, 1.807) is 6.20 Å². The van der Waals surface area contributed by atoms with Gasteiger partial charge in [-0.3, -0.25) is 0 Å². The maximum atomic E-state index is 6.06. The van der Waals surface area contributed by atoms with Crippen molar-refractivity contribution >= 4 is 17.4 Å². The molecule has 3 nitrogen and oxygen atoms in total. The molecule has 0 aliphatic heterocycles. The van der Waals surface area contributed by atoms with E-state index < -0.39 is 0 Å². The molecule has 0 fully saturated rings. The lowest BCUT2D eigenvalue weighted by Gasteiger charge is -2.27. The van der Waals surface area contributed by atoms with Gasteiger partial charge in [0.1, 0.15) is 5.82 Å². The Labute approximate surface area is 125 Å². The predicted molar refractivity (Wildman–Crippen MR) is 85.1 cm³/mol. The zero-order valence-corrected chi connectivity index (χ0v) is 12.8. The van der Waals surface area contributed by atoms with Gasteiger partial charge in [-0.2, -0.15) is 0 Å². The van der Waals surface area contributed by atoms with Gasteiger partial charge in [0.25, 0.3) is 0 Å². The molecule has 1 aromatic heterocycles. The maximum absolute atomic E-state index is 6.06. The summed E-state index contributed by atoms with van der Waals surface area (Å²) in [7, 11) is 2.03. The van der Waals surface area contributed by atoms with Crippen LogP contribution in [-0.4, -0.2) is 12.0 Å². The molecule has 0 aliphatic rings. The number of hydrogen-bond acceptors (Lipinski definition) is 3. The molecule has 0 amide bonds. The number of nitrogens with two attached hydrogens (primary N) is 1. The Morgan fingerprint density at radius 1 is 1.15 bits per heavy atom. The number of halogens is 1. The quantitative estimate of drug-likeness (QED) is 0.926. The van der Waals surface area contributed by atoms with E-state index in [0.29, 0.717) is 0 Å². The van der Waals surface area contributed by atoms with Crippen LogP contribution in [0.5, 0.6) is 0 Å². The molecule has 0 aliphatic carbocycles. The average molecular weight is 290 g/mol. The van der Waals surface area contributed by atoms with Crippen molar-refractivity contribution in [2.24, 2.45) is 5.73 Å². The van der Waals surface area contributed by atoms with Crippen LogP contribution in [0, 0.1) is 0 Å². The summed E-state index contributed by atoms with van der Waals surface area (Å²) >= 11 is 6.06. The van der Waals surface area contributed by atoms with E-state index in [1.165, 1.54) is 0 Å². The Morgan fingerprint density at radius 2 is 1.90 bits per heavy atom. The van der Waals surface area contributed by atoms with E-state index in [-0.39, 0.29) is 12.1 Å². The number of nitrogens with zero attached hydrogens (tertiary/aromatic N) is 2. The molecule has 2 N–H and O–H groups in total. The molecule has 1 heterocycles. The van der Waals surface area contributed by atoms with Crippen molar-refractivity contribution < 1.29 is 0 Å². The fourth-order valence-electron chi connectivity index (χ4n) is 2.10. The fourth-order valence-corrected chi connectivity index (χ4v) is 2.30. The van der Waals surface area contributed by atoms with Gasteiger partial charge in [-0.15, -0.1) is 0 Å². The van der Waals surface area contributed by atoms with Crippen molar-refractivity contribution in [1.82, 2.24) is 4.98 Å². The minimum atomic E-state index is 0.00614. The van der Waals surface area contributed by atoms with Gasteiger partial charge < -0.3 is 10.6 Å². The molecule has 0 spiro atoms. The molecule has 2 aromatic rings. The molecule has 0 bridgehead atoms. The monoisotopic (exact) mass is 289 g/mol. The second kappa shape index (κ2) is 6.25. The number of pyridine rings is 1. The van der Waals surface area contributed by atoms with Crippen molar-refractivity contribution in [1.29, 1.82) is 0 Å². The number of benzene rings is 1. The van der Waals surface area contributed by atoms with Crippen LogP contribution in [0.1, 0.15) is 37.1 Å². The van der Waals surface area contributed by atoms with Gasteiger partial charge in [0.05, 0.1) is 6.04 Å². The summed E-state index contributed by atoms with van der Waals surface area (Å²) in [5.41, 5.74) is 8.17. The first-order chi connectivity index (χ1) is 9.49. The second-order valence-corrected chi connectivity index (χ2v) is 5.51. The van der Waals surface area contributed by atoms with E-state index in [9.17, 15) is 0 Å². The topological polar surface area (TPSA) is 42.1 Å². The lowest BCUT2D eigenvalue weighted by atomic mass is 10.1. The van der Waals surface area contributed by atoms with Crippen LogP contribution in [0.3, 0.4) is 0 Å². The highest BCUT2D eigenvalue weighted by molar-refractivity contribution is 6.30. The molecule has 0 saturated heterocycles. The number of hydrogen-bond donors (Lipinski definition) is 1. The Balaban J connectivity index is 2.26. The van der Waals surface area contributed by atoms with Crippen LogP contribution < -0.4 is 10.6 Å². The van der Waals surface area contributed by atoms with Crippen molar-refractivity contribution in [3.8, 4) is 0 Å². The first-order valence-corrected chi connectivity index (χ1v) is 7.06. The highest BCUT2D eigenvalue weighted by Crippen LogP contribution is 2.26. The lowest BCUT2D eigenvalue weighted by molar-refractivity contribution is 0.725. The smallest absolute Gasteiger partial charge is 0.129 e. The van der Waals surface area contributed by atoms with Crippen molar-refractivity contribution in [3.63, 3.8) is 0 Å². The fraction of sp³-hybridized carbons (Fsp3) is 0.312. The van der Waals surface area contributed by atoms with Gasteiger partial charge in [0, 0.05) is 24.3 Å². The Hall–Kier alpha value is -1.58. The first kappa shape index (κ1) is 14.8. The van der Waals surface area contributed by atoms with Crippen LogP contribution in [0.2, 0.25) is 5.02 Å². The molecule has 20 heavy (non-hydrogen) atoms. The summed E-state index contributed by atoms with van der Waals surface area (Å²) in [5.74, 6) is 0.910. The normalized spacial score (nSPS) is 13.8. The average Bonchev–Trinajstić information content (AvgIpc) is 2.45. The maximum Gasteiger partial charge on any atom is 0.129 e. The summed E-state index contributed by atoms with van der Waals surface area (Å²) in [4.78, 5) is 6.55. The largest absolute Gasteiger partial charge is 0.353 e. The Morgan fingerprint density at radius 3 is 2.55 bits per heavy atom. The Bertz CT molecular complexity index is 583. The highest BCUT2D eigenvalue weighted by Gasteiger charge is 2.14. The van der Waals surface area contributed by atoms with Gasteiger partial charge in [-0.25, -0.2) is 4.98 Å². The first-order valence-electron chi connectivity index (χ1n) is 6.69. The van der Waals surface area contributed by atoms with E-state index in [0.717, 1.165) is 22.0 Å². The number of aromatic nitrogens is 1. The zero-order valence-electron chi connectivity index (χ0n) is 12.0. The van der Waals surface area contributed by atoms with Crippen molar-refractivity contribution in [2.45, 2.75) is 25.9 Å². The van der Waals surface area contributed by atoms with E-state index in [4.69, 9.17) is 17.3 Å². The summed E-state index contributed by atoms with van der Waals surface area (Å²) < 4.78 is 0. The molecule has 0 radical (unpaired) electrons. The summed E-state index contributed by atoms with van der Waals surface area (Å²) in [5, 5.41) is 0.750. The SMILES string of the molecule is CC(c1cccc(Cl)c1)N(C)c1cc([C@H](C)N)ccn1. The molecule has 106 valence electrons. The minimum absolute atomic E-state index is 0.00614. The number of anilines is 1. The standard InChI is InChI=1S/C16H20ClN3/c1-11(18)13-7-8-19-16(10-13)20(3)12(2)14-5-4-6-15(17)9-14/h4-12H,18H2,1-3H3/t11-,12?/m0/s1. The van der Waals surface area contributed by atoms with Crippen LogP contribution in [0.4, 0.5) is 5.82 Å². The van der Waals surface area contributed by atoms with Gasteiger partial charge >= 0.3 is 0 Å².